The molecule has 1 saturated carbocycles. The third kappa shape index (κ3) is 3.99. The van der Waals surface area contributed by atoms with Gasteiger partial charge in [0.05, 0.1) is 6.61 Å². The Morgan fingerprint density at radius 3 is 2.69 bits per heavy atom. The molecule has 7 nitrogen and oxygen atoms in total. The van der Waals surface area contributed by atoms with E-state index in [-0.39, 0.29) is 34.9 Å². The number of benzene rings is 2. The fraction of sp³-hybridized carbons (Fsp3) is 0.393. The minimum absolute atomic E-state index is 0.0328. The van der Waals surface area contributed by atoms with Crippen LogP contribution in [0, 0.1) is 11.2 Å². The Hall–Kier alpha value is -3.52. The molecular formula is C28H29FN4O3. The molecule has 2 heterocycles. The second kappa shape index (κ2) is 8.85. The maximum atomic E-state index is 14.9. The number of carbonyl (C=O) groups is 2. The van der Waals surface area contributed by atoms with Gasteiger partial charge < -0.3 is 15.4 Å². The smallest absolute Gasteiger partial charge is 0.270 e. The molecule has 3 atom stereocenters. The zero-order chi connectivity index (χ0) is 24.9. The number of amides is 2. The lowest BCUT2D eigenvalue weighted by atomic mass is 9.82. The number of hydrogen-bond acceptors (Lipinski definition) is 4. The summed E-state index contributed by atoms with van der Waals surface area (Å²) in [6.45, 7) is 1.14. The van der Waals surface area contributed by atoms with Crippen molar-refractivity contribution in [1.29, 1.82) is 0 Å². The first-order chi connectivity index (χ1) is 17.4. The highest BCUT2D eigenvalue weighted by Gasteiger charge is 2.58. The van der Waals surface area contributed by atoms with E-state index in [9.17, 15) is 14.0 Å². The third-order valence-electron chi connectivity index (χ3n) is 8.08. The van der Waals surface area contributed by atoms with Gasteiger partial charge in [-0.2, -0.15) is 5.10 Å². The summed E-state index contributed by atoms with van der Waals surface area (Å²) in [5.41, 5.74) is 3.63. The van der Waals surface area contributed by atoms with Crippen molar-refractivity contribution in [2.75, 3.05) is 18.5 Å². The summed E-state index contributed by atoms with van der Waals surface area (Å²) in [7, 11) is 1.69. The van der Waals surface area contributed by atoms with Crippen LogP contribution >= 0.6 is 0 Å². The number of carbonyl (C=O) groups excluding carboxylic acids is 2. The molecule has 2 unspecified atom stereocenters. The molecular weight excluding hydrogens is 459 g/mol. The lowest BCUT2D eigenvalue weighted by Crippen LogP contribution is -2.49. The molecule has 1 spiro atoms. The number of aromatic nitrogens is 2. The molecule has 1 saturated heterocycles. The Balaban J connectivity index is 1.31. The summed E-state index contributed by atoms with van der Waals surface area (Å²) >= 11 is 0. The van der Waals surface area contributed by atoms with E-state index in [2.05, 4.69) is 27.9 Å². The van der Waals surface area contributed by atoms with Gasteiger partial charge in [0.2, 0.25) is 5.91 Å². The van der Waals surface area contributed by atoms with Crippen LogP contribution in [-0.2, 0) is 23.0 Å². The lowest BCUT2D eigenvalue weighted by molar-refractivity contribution is -0.118. The van der Waals surface area contributed by atoms with E-state index < -0.39 is 6.04 Å². The number of aryl methyl sites for hydroxylation is 1. The molecule has 1 aromatic heterocycles. The number of ether oxygens (including phenoxy) is 1. The quantitative estimate of drug-likeness (QED) is 0.551. The Morgan fingerprint density at radius 2 is 2.00 bits per heavy atom. The van der Waals surface area contributed by atoms with Crippen LogP contribution in [-0.4, -0.2) is 40.9 Å². The van der Waals surface area contributed by atoms with Crippen molar-refractivity contribution in [3.8, 4) is 0 Å². The van der Waals surface area contributed by atoms with Gasteiger partial charge in [-0.05, 0) is 66.0 Å². The molecule has 2 aliphatic carbocycles. The van der Waals surface area contributed by atoms with Gasteiger partial charge in [0.1, 0.15) is 17.6 Å². The number of rotatable bonds is 6. The maximum absolute atomic E-state index is 14.9. The zero-order valence-electron chi connectivity index (χ0n) is 20.2. The molecule has 2 amide bonds. The second-order valence-corrected chi connectivity index (χ2v) is 10.3. The van der Waals surface area contributed by atoms with Gasteiger partial charge in [-0.15, -0.1) is 0 Å². The Labute approximate surface area is 209 Å². The number of nitrogens with one attached hydrogen (secondary N) is 2. The molecule has 0 radical (unpaired) electrons. The maximum Gasteiger partial charge on any atom is 0.270 e. The van der Waals surface area contributed by atoms with Gasteiger partial charge >= 0.3 is 0 Å². The number of hydrogen-bond donors (Lipinski definition) is 2. The van der Waals surface area contributed by atoms with Crippen LogP contribution in [0.3, 0.4) is 0 Å². The van der Waals surface area contributed by atoms with E-state index in [4.69, 9.17) is 4.74 Å². The molecule has 1 aliphatic heterocycles. The summed E-state index contributed by atoms with van der Waals surface area (Å²) in [5.74, 6) is -1.20. The average molecular weight is 489 g/mol. The van der Waals surface area contributed by atoms with Crippen molar-refractivity contribution in [3.63, 3.8) is 0 Å². The van der Waals surface area contributed by atoms with Crippen LogP contribution in [0.15, 0.2) is 54.7 Å². The van der Waals surface area contributed by atoms with Gasteiger partial charge in [-0.1, -0.05) is 30.3 Å². The fourth-order valence-electron chi connectivity index (χ4n) is 6.05. The Morgan fingerprint density at radius 1 is 1.17 bits per heavy atom. The highest BCUT2D eigenvalue weighted by atomic mass is 19.1. The molecule has 0 bridgehead atoms. The molecule has 2 N–H and O–H groups in total. The van der Waals surface area contributed by atoms with Gasteiger partial charge in [0, 0.05) is 37.4 Å². The van der Waals surface area contributed by atoms with E-state index in [0.717, 1.165) is 31.2 Å². The van der Waals surface area contributed by atoms with Crippen LogP contribution in [0.5, 0.6) is 0 Å². The minimum atomic E-state index is -0.815. The predicted molar refractivity (Wildman–Crippen MR) is 132 cm³/mol. The largest absolute Gasteiger partial charge is 0.381 e. The highest BCUT2D eigenvalue weighted by molar-refractivity contribution is 6.01. The number of nitrogens with zero attached hydrogens (tertiary/aromatic N) is 2. The minimum Gasteiger partial charge on any atom is -0.381 e. The summed E-state index contributed by atoms with van der Waals surface area (Å²) in [6.07, 6.45) is 5.24. The second-order valence-electron chi connectivity index (χ2n) is 10.3. The van der Waals surface area contributed by atoms with Gasteiger partial charge in [-0.25, -0.2) is 4.39 Å². The summed E-state index contributed by atoms with van der Waals surface area (Å²) in [4.78, 5) is 27.0. The van der Waals surface area contributed by atoms with E-state index in [0.29, 0.717) is 30.2 Å². The Bertz CT molecular complexity index is 1330. The monoisotopic (exact) mass is 488 g/mol. The summed E-state index contributed by atoms with van der Waals surface area (Å²) in [5, 5.41) is 9.99. The molecule has 186 valence electrons. The predicted octanol–water partition coefficient (Wildman–Crippen LogP) is 3.92. The first-order valence-corrected chi connectivity index (χ1v) is 12.5. The SMILES string of the molecule is Cn1nccc1C(=O)N[C@H](C(=O)Nc1ccc(C2CCOC2)c(F)c1)C1c2ccccc2CC12CC2. The normalized spacial score (nSPS) is 22.3. The van der Waals surface area contributed by atoms with E-state index in [1.807, 2.05) is 12.1 Å². The first-order valence-electron chi connectivity index (χ1n) is 12.5. The molecule has 36 heavy (non-hydrogen) atoms. The van der Waals surface area contributed by atoms with Gasteiger partial charge in [-0.3, -0.25) is 14.3 Å². The summed E-state index contributed by atoms with van der Waals surface area (Å²) < 4.78 is 21.8. The van der Waals surface area contributed by atoms with Crippen LogP contribution in [0.25, 0.3) is 0 Å². The zero-order valence-corrected chi connectivity index (χ0v) is 20.2. The number of halogens is 1. The highest BCUT2D eigenvalue weighted by Crippen LogP contribution is 2.64. The van der Waals surface area contributed by atoms with Crippen molar-refractivity contribution in [2.45, 2.75) is 43.6 Å². The van der Waals surface area contributed by atoms with E-state index in [1.54, 1.807) is 31.4 Å². The molecule has 8 heteroatoms. The first kappa shape index (κ1) is 22.9. The standard InChI is InChI=1S/C28H29FN4O3/c1-33-23(8-12-30-33)26(34)32-25(24-21-5-3-2-4-17(21)15-28(24)10-11-28)27(35)31-19-6-7-20(22(29)14-19)18-9-13-36-16-18/h2-8,12,14,18,24-25H,9-11,13,15-16H2,1H3,(H,31,35)(H,32,34)/t18?,24?,25-/m0/s1. The van der Waals surface area contributed by atoms with Crippen LogP contribution in [0.4, 0.5) is 10.1 Å². The van der Waals surface area contributed by atoms with Crippen molar-refractivity contribution >= 4 is 17.5 Å². The van der Waals surface area contributed by atoms with Gasteiger partial charge in [0.15, 0.2) is 0 Å². The summed E-state index contributed by atoms with van der Waals surface area (Å²) in [6, 6.07) is 13.8. The Kier molecular flexibility index (Phi) is 5.63. The van der Waals surface area contributed by atoms with Crippen molar-refractivity contribution < 1.29 is 18.7 Å². The number of fused-ring (bicyclic) bond motifs is 1. The third-order valence-corrected chi connectivity index (χ3v) is 8.08. The van der Waals surface area contributed by atoms with Crippen molar-refractivity contribution in [3.05, 3.63) is 82.9 Å². The van der Waals surface area contributed by atoms with E-state index in [1.165, 1.54) is 16.3 Å². The van der Waals surface area contributed by atoms with Gasteiger partial charge in [0.25, 0.3) is 5.91 Å². The fourth-order valence-corrected chi connectivity index (χ4v) is 6.05. The van der Waals surface area contributed by atoms with Crippen molar-refractivity contribution in [2.24, 2.45) is 12.5 Å². The lowest BCUT2D eigenvalue weighted by Gasteiger charge is -2.29. The van der Waals surface area contributed by atoms with Crippen LogP contribution in [0.1, 0.15) is 58.3 Å². The molecule has 2 fully saturated rings. The average Bonchev–Trinajstić information content (AvgIpc) is 3.20. The topological polar surface area (TPSA) is 85.2 Å². The number of anilines is 1. The van der Waals surface area contributed by atoms with Crippen LogP contribution in [0.2, 0.25) is 0 Å². The molecule has 3 aromatic rings. The van der Waals surface area contributed by atoms with Crippen LogP contribution < -0.4 is 10.6 Å². The van der Waals surface area contributed by atoms with Crippen molar-refractivity contribution in [1.82, 2.24) is 15.1 Å². The van der Waals surface area contributed by atoms with E-state index >= 15 is 0 Å². The molecule has 6 rings (SSSR count). The molecule has 3 aliphatic rings. The molecule has 2 aromatic carbocycles.